The summed E-state index contributed by atoms with van der Waals surface area (Å²) in [6, 6.07) is 12.1. The highest BCUT2D eigenvalue weighted by molar-refractivity contribution is 7.16. The van der Waals surface area contributed by atoms with Crippen LogP contribution >= 0.6 is 22.7 Å². The van der Waals surface area contributed by atoms with Crippen LogP contribution in [0.1, 0.15) is 25.6 Å². The SMILES string of the molecule is [C-]#[N+]c1ccc(-c2csc(CC(=O)c3ccc4scnc4c3)c2C(=O)O)cc1. The fourth-order valence-electron chi connectivity index (χ4n) is 2.97. The lowest BCUT2D eigenvalue weighted by molar-refractivity contribution is 0.0697. The monoisotopic (exact) mass is 404 g/mol. The van der Waals surface area contributed by atoms with Crippen molar-refractivity contribution in [3.05, 3.63) is 80.8 Å². The Hall–Kier alpha value is -3.34. The van der Waals surface area contributed by atoms with E-state index < -0.39 is 5.97 Å². The molecule has 0 saturated heterocycles. The third kappa shape index (κ3) is 3.31. The molecule has 0 aliphatic rings. The molecule has 0 bridgehead atoms. The van der Waals surface area contributed by atoms with E-state index in [9.17, 15) is 14.7 Å². The fraction of sp³-hybridized carbons (Fsp3) is 0.0476. The number of carboxylic acids is 1. The third-order valence-electron chi connectivity index (χ3n) is 4.36. The minimum absolute atomic E-state index is 0.0160. The Bertz CT molecular complexity index is 1250. The summed E-state index contributed by atoms with van der Waals surface area (Å²) in [7, 11) is 0. The molecule has 0 spiro atoms. The molecular weight excluding hydrogens is 392 g/mol. The predicted molar refractivity (Wildman–Crippen MR) is 111 cm³/mol. The number of benzene rings is 2. The first kappa shape index (κ1) is 18.0. The fourth-order valence-corrected chi connectivity index (χ4v) is 4.67. The molecule has 4 rings (SSSR count). The normalized spacial score (nSPS) is 10.7. The Morgan fingerprint density at radius 2 is 1.89 bits per heavy atom. The molecule has 2 aromatic heterocycles. The number of hydrogen-bond acceptors (Lipinski definition) is 5. The van der Waals surface area contributed by atoms with E-state index in [0.29, 0.717) is 27.3 Å². The number of ketones is 1. The summed E-state index contributed by atoms with van der Waals surface area (Å²) in [4.78, 5) is 32.7. The van der Waals surface area contributed by atoms with Gasteiger partial charge in [0.15, 0.2) is 11.5 Å². The number of hydrogen-bond donors (Lipinski definition) is 1. The average molecular weight is 404 g/mol. The van der Waals surface area contributed by atoms with Crippen LogP contribution < -0.4 is 0 Å². The van der Waals surface area contributed by atoms with Crippen molar-refractivity contribution in [2.45, 2.75) is 6.42 Å². The van der Waals surface area contributed by atoms with Gasteiger partial charge in [-0.25, -0.2) is 14.6 Å². The summed E-state index contributed by atoms with van der Waals surface area (Å²) in [5.74, 6) is -1.21. The van der Waals surface area contributed by atoms with Crippen LogP contribution in [0.2, 0.25) is 0 Å². The van der Waals surface area contributed by atoms with Crippen LogP contribution in [0.4, 0.5) is 5.69 Å². The second kappa shape index (κ2) is 7.35. The maximum atomic E-state index is 12.7. The Morgan fingerprint density at radius 3 is 2.61 bits per heavy atom. The van der Waals surface area contributed by atoms with Gasteiger partial charge in [0.2, 0.25) is 0 Å². The molecule has 0 aliphatic carbocycles. The lowest BCUT2D eigenvalue weighted by atomic mass is 9.99. The van der Waals surface area contributed by atoms with Crippen molar-refractivity contribution in [1.82, 2.24) is 4.98 Å². The van der Waals surface area contributed by atoms with Gasteiger partial charge in [-0.1, -0.05) is 24.3 Å². The van der Waals surface area contributed by atoms with Gasteiger partial charge in [-0.05, 0) is 29.1 Å². The molecule has 0 amide bonds. The molecule has 7 heteroatoms. The van der Waals surface area contributed by atoms with E-state index in [2.05, 4.69) is 9.83 Å². The molecule has 0 fully saturated rings. The molecule has 0 aliphatic heterocycles. The van der Waals surface area contributed by atoms with Crippen molar-refractivity contribution in [2.24, 2.45) is 0 Å². The molecule has 4 aromatic rings. The van der Waals surface area contributed by atoms with Gasteiger partial charge in [0, 0.05) is 22.4 Å². The van der Waals surface area contributed by atoms with Crippen molar-refractivity contribution in [1.29, 1.82) is 0 Å². The van der Waals surface area contributed by atoms with Crippen LogP contribution in [0.5, 0.6) is 0 Å². The van der Waals surface area contributed by atoms with Crippen LogP contribution in [0.25, 0.3) is 26.2 Å². The number of aromatic nitrogens is 1. The molecule has 2 aromatic carbocycles. The van der Waals surface area contributed by atoms with E-state index in [-0.39, 0.29) is 17.8 Å². The Balaban J connectivity index is 1.67. The van der Waals surface area contributed by atoms with Crippen LogP contribution in [0.15, 0.2) is 53.4 Å². The van der Waals surface area contributed by atoms with Crippen molar-refractivity contribution in [2.75, 3.05) is 0 Å². The second-order valence-electron chi connectivity index (χ2n) is 6.05. The summed E-state index contributed by atoms with van der Waals surface area (Å²) in [5, 5.41) is 11.5. The molecule has 2 heterocycles. The Morgan fingerprint density at radius 1 is 1.11 bits per heavy atom. The number of thiophene rings is 1. The van der Waals surface area contributed by atoms with Crippen molar-refractivity contribution in [3.8, 4) is 11.1 Å². The zero-order valence-electron chi connectivity index (χ0n) is 14.4. The molecule has 136 valence electrons. The minimum Gasteiger partial charge on any atom is -0.478 e. The highest BCUT2D eigenvalue weighted by Gasteiger charge is 2.22. The van der Waals surface area contributed by atoms with Gasteiger partial charge in [-0.3, -0.25) is 4.79 Å². The molecule has 0 radical (unpaired) electrons. The number of thiazole rings is 1. The first-order valence-electron chi connectivity index (χ1n) is 8.25. The van der Waals surface area contributed by atoms with Gasteiger partial charge in [0.1, 0.15) is 0 Å². The van der Waals surface area contributed by atoms with Gasteiger partial charge < -0.3 is 5.11 Å². The second-order valence-corrected chi connectivity index (χ2v) is 7.90. The van der Waals surface area contributed by atoms with Gasteiger partial charge in [-0.2, -0.15) is 0 Å². The molecule has 0 atom stereocenters. The Kier molecular flexibility index (Phi) is 4.74. The summed E-state index contributed by atoms with van der Waals surface area (Å²) >= 11 is 2.77. The first-order valence-corrected chi connectivity index (χ1v) is 10.0. The van der Waals surface area contributed by atoms with E-state index in [1.54, 1.807) is 47.3 Å². The quantitative estimate of drug-likeness (QED) is 0.342. The maximum absolute atomic E-state index is 12.7. The summed E-state index contributed by atoms with van der Waals surface area (Å²) < 4.78 is 1.00. The maximum Gasteiger partial charge on any atom is 0.337 e. The lowest BCUT2D eigenvalue weighted by Crippen LogP contribution is -2.07. The van der Waals surface area contributed by atoms with Crippen molar-refractivity contribution < 1.29 is 14.7 Å². The van der Waals surface area contributed by atoms with E-state index in [1.165, 1.54) is 22.7 Å². The largest absolute Gasteiger partial charge is 0.478 e. The van der Waals surface area contributed by atoms with E-state index in [4.69, 9.17) is 6.57 Å². The van der Waals surface area contributed by atoms with Gasteiger partial charge >= 0.3 is 5.97 Å². The van der Waals surface area contributed by atoms with Gasteiger partial charge in [-0.15, -0.1) is 22.7 Å². The Labute approximate surface area is 168 Å². The van der Waals surface area contributed by atoms with Crippen LogP contribution in [-0.2, 0) is 6.42 Å². The molecule has 28 heavy (non-hydrogen) atoms. The van der Waals surface area contributed by atoms with Crippen molar-refractivity contribution in [3.63, 3.8) is 0 Å². The van der Waals surface area contributed by atoms with Gasteiger partial charge in [0.25, 0.3) is 0 Å². The topological polar surface area (TPSA) is 71.6 Å². The molecular formula is C21H12N2O3S2. The molecule has 5 nitrogen and oxygen atoms in total. The van der Waals surface area contributed by atoms with Crippen molar-refractivity contribution >= 4 is 50.3 Å². The molecule has 0 unspecified atom stereocenters. The predicted octanol–water partition coefficient (Wildman–Crippen LogP) is 5.70. The molecule has 0 saturated carbocycles. The number of aromatic carboxylic acids is 1. The van der Waals surface area contributed by atoms with E-state index in [1.807, 2.05) is 6.07 Å². The van der Waals surface area contributed by atoms with E-state index in [0.717, 1.165) is 10.2 Å². The minimum atomic E-state index is -1.07. The van der Waals surface area contributed by atoms with Crippen LogP contribution in [-0.4, -0.2) is 21.8 Å². The summed E-state index contributed by atoms with van der Waals surface area (Å²) in [5.41, 5.74) is 4.92. The van der Waals surface area contributed by atoms with Crippen LogP contribution in [0, 0.1) is 6.57 Å². The first-order chi connectivity index (χ1) is 13.6. The number of carbonyl (C=O) groups excluding carboxylic acids is 1. The third-order valence-corrected chi connectivity index (χ3v) is 6.16. The van der Waals surface area contributed by atoms with Gasteiger partial charge in [0.05, 0.1) is 27.9 Å². The number of nitrogens with zero attached hydrogens (tertiary/aromatic N) is 2. The zero-order chi connectivity index (χ0) is 19.7. The highest BCUT2D eigenvalue weighted by Crippen LogP contribution is 2.34. The summed E-state index contributed by atoms with van der Waals surface area (Å²) in [6.07, 6.45) is 0.0160. The number of rotatable bonds is 5. The molecule has 1 N–H and O–H groups in total. The van der Waals surface area contributed by atoms with Crippen LogP contribution in [0.3, 0.4) is 0 Å². The zero-order valence-corrected chi connectivity index (χ0v) is 16.0. The highest BCUT2D eigenvalue weighted by atomic mass is 32.1. The summed E-state index contributed by atoms with van der Waals surface area (Å²) in [6.45, 7) is 7.02. The lowest BCUT2D eigenvalue weighted by Gasteiger charge is -2.05. The number of carbonyl (C=O) groups is 2. The number of Topliss-reactive ketones (excluding diaryl/α,β-unsaturated/α-hetero) is 1. The van der Waals surface area contributed by atoms with E-state index >= 15 is 0 Å². The number of fused-ring (bicyclic) bond motifs is 1. The number of carboxylic acid groups (broad SMARTS) is 1. The smallest absolute Gasteiger partial charge is 0.337 e. The standard InChI is InChI=1S/C21H12N2O3S2/c1-22-14-5-2-12(3-6-14)15-10-27-19(20(15)21(25)26)9-17(24)13-4-7-18-16(8-13)23-11-28-18/h2-8,10-11H,9H2,(H,25,26). The average Bonchev–Trinajstić information content (AvgIpc) is 3.34.